The van der Waals surface area contributed by atoms with Crippen molar-refractivity contribution in [2.45, 2.75) is 78.9 Å². The maximum atomic E-state index is 13.0. The number of carbonyl (C=O) groups is 1. The molecule has 0 radical (unpaired) electrons. The molecule has 0 aromatic heterocycles. The predicted octanol–water partition coefficient (Wildman–Crippen LogP) is 6.04. The topological polar surface area (TPSA) is 26.3 Å². The molecule has 1 atom stereocenters. The van der Waals surface area contributed by atoms with Gasteiger partial charge in [0, 0.05) is 18.1 Å². The van der Waals surface area contributed by atoms with Crippen LogP contribution >= 0.6 is 0 Å². The van der Waals surface area contributed by atoms with E-state index in [1.807, 2.05) is 0 Å². The maximum Gasteiger partial charge on any atom is 0.192 e. The average molecular weight is 361 g/mol. The number of aryl methyl sites for hydroxylation is 1. The minimum absolute atomic E-state index is 0.0199. The highest BCUT2D eigenvalue weighted by Crippen LogP contribution is 2.37. The van der Waals surface area contributed by atoms with Gasteiger partial charge in [0.05, 0.1) is 0 Å². The molecular weight excluding hydrogens is 324 g/mol. The summed E-state index contributed by atoms with van der Waals surface area (Å²) in [5.41, 5.74) is 3.66. The summed E-state index contributed by atoms with van der Waals surface area (Å²) < 4.78 is 6.35. The smallest absolute Gasteiger partial charge is 0.192 e. The summed E-state index contributed by atoms with van der Waals surface area (Å²) in [6, 6.07) is 6.50. The molecule has 0 aliphatic heterocycles. The van der Waals surface area contributed by atoms with Gasteiger partial charge >= 0.3 is 0 Å². The highest BCUT2D eigenvalue weighted by atomic mass is 28.4. The Kier molecular flexibility index (Phi) is 5.70. The fraction of sp³-hybridized carbons (Fsp3) is 0.682. The Morgan fingerprint density at radius 1 is 1.12 bits per heavy atom. The molecule has 0 N–H and O–H groups in total. The van der Waals surface area contributed by atoms with Gasteiger partial charge in [-0.3, -0.25) is 4.79 Å². The van der Waals surface area contributed by atoms with Crippen LogP contribution in [0.15, 0.2) is 18.2 Å². The summed E-state index contributed by atoms with van der Waals surface area (Å²) in [7, 11) is -1.80. The van der Waals surface area contributed by atoms with E-state index >= 15 is 0 Å². The fourth-order valence-corrected chi connectivity index (χ4v) is 4.21. The summed E-state index contributed by atoms with van der Waals surface area (Å²) in [6.45, 7) is 18.6. The van der Waals surface area contributed by atoms with E-state index in [9.17, 15) is 4.79 Å². The van der Waals surface area contributed by atoms with Crippen molar-refractivity contribution in [3.63, 3.8) is 0 Å². The van der Waals surface area contributed by atoms with E-state index in [-0.39, 0.29) is 22.2 Å². The molecule has 1 aromatic rings. The molecule has 3 heteroatoms. The lowest BCUT2D eigenvalue weighted by Crippen LogP contribution is -2.43. The van der Waals surface area contributed by atoms with Crippen LogP contribution in [0.5, 0.6) is 0 Å². The largest absolute Gasteiger partial charge is 0.416 e. The third-order valence-electron chi connectivity index (χ3n) is 5.76. The Bertz CT molecular complexity index is 632. The van der Waals surface area contributed by atoms with Crippen LogP contribution in [0.4, 0.5) is 0 Å². The molecule has 1 aliphatic carbocycles. The van der Waals surface area contributed by atoms with Gasteiger partial charge in [-0.25, -0.2) is 0 Å². The van der Waals surface area contributed by atoms with Crippen LogP contribution in [-0.4, -0.2) is 20.7 Å². The van der Waals surface area contributed by atoms with E-state index in [4.69, 9.17) is 4.43 Å². The number of benzene rings is 1. The number of carbonyl (C=O) groups excluding carboxylic acids is 1. The monoisotopic (exact) mass is 360 g/mol. The maximum absolute atomic E-state index is 13.0. The van der Waals surface area contributed by atoms with Gasteiger partial charge in [0.15, 0.2) is 14.1 Å². The zero-order valence-corrected chi connectivity index (χ0v) is 18.5. The molecule has 0 saturated carbocycles. The van der Waals surface area contributed by atoms with Crippen molar-refractivity contribution in [2.24, 2.45) is 11.3 Å². The number of hydrogen-bond acceptors (Lipinski definition) is 2. The van der Waals surface area contributed by atoms with Crippen LogP contribution in [0.1, 0.15) is 69.4 Å². The molecule has 0 amide bonds. The minimum atomic E-state index is -1.80. The van der Waals surface area contributed by atoms with E-state index in [1.165, 1.54) is 11.1 Å². The van der Waals surface area contributed by atoms with Crippen molar-refractivity contribution in [3.8, 4) is 0 Å². The van der Waals surface area contributed by atoms with Crippen LogP contribution < -0.4 is 0 Å². The summed E-state index contributed by atoms with van der Waals surface area (Å²) in [5, 5.41) is 0.183. The summed E-state index contributed by atoms with van der Waals surface area (Å²) in [4.78, 5) is 13.0. The van der Waals surface area contributed by atoms with Crippen molar-refractivity contribution in [1.82, 2.24) is 0 Å². The third kappa shape index (κ3) is 5.04. The van der Waals surface area contributed by atoms with Crippen LogP contribution in [-0.2, 0) is 17.3 Å². The first kappa shape index (κ1) is 20.4. The second-order valence-corrected chi connectivity index (χ2v) is 15.2. The van der Waals surface area contributed by atoms with Gasteiger partial charge in [0.2, 0.25) is 0 Å². The van der Waals surface area contributed by atoms with Crippen LogP contribution in [0, 0.1) is 11.3 Å². The minimum Gasteiger partial charge on any atom is -0.416 e. The molecule has 1 aliphatic rings. The Morgan fingerprint density at radius 3 is 2.32 bits per heavy atom. The van der Waals surface area contributed by atoms with Gasteiger partial charge < -0.3 is 4.43 Å². The number of fused-ring (bicyclic) bond motifs is 1. The van der Waals surface area contributed by atoms with E-state index < -0.39 is 8.32 Å². The molecule has 1 aromatic carbocycles. The lowest BCUT2D eigenvalue weighted by Gasteiger charge is -2.37. The number of Topliss-reactive ketones (excluding diaryl/α,β-unsaturated/α-hetero) is 1. The molecule has 1 unspecified atom stereocenters. The van der Waals surface area contributed by atoms with Crippen LogP contribution in [0.25, 0.3) is 0 Å². The molecule has 25 heavy (non-hydrogen) atoms. The quantitative estimate of drug-likeness (QED) is 0.612. The zero-order valence-electron chi connectivity index (χ0n) is 17.5. The van der Waals surface area contributed by atoms with Crippen molar-refractivity contribution in [2.75, 3.05) is 6.61 Å². The molecule has 0 spiro atoms. The first-order chi connectivity index (χ1) is 11.3. The molecular formula is C22H36O2Si. The lowest BCUT2D eigenvalue weighted by molar-refractivity contribution is 0.0843. The molecule has 0 bridgehead atoms. The number of hydrogen-bond donors (Lipinski definition) is 0. The fourth-order valence-electron chi connectivity index (χ4n) is 3.16. The van der Waals surface area contributed by atoms with E-state index in [0.717, 1.165) is 24.8 Å². The first-order valence-electron chi connectivity index (χ1n) is 9.60. The molecule has 0 saturated heterocycles. The number of ketones is 1. The Balaban J connectivity index is 2.13. The van der Waals surface area contributed by atoms with Gasteiger partial charge in [-0.2, -0.15) is 0 Å². The van der Waals surface area contributed by atoms with Gasteiger partial charge in [-0.05, 0) is 60.0 Å². The SMILES string of the molecule is CC(C)(C)Cc1ccc2c(c1)C(=O)C(CO[Si](C)(C)C(C)(C)C)CC2. The van der Waals surface area contributed by atoms with Crippen LogP contribution in [0.3, 0.4) is 0 Å². The Hall–Kier alpha value is -0.933. The Labute approximate surface area is 155 Å². The van der Waals surface area contributed by atoms with Gasteiger partial charge in [0.25, 0.3) is 0 Å². The molecule has 0 fully saturated rings. The summed E-state index contributed by atoms with van der Waals surface area (Å²) >= 11 is 0. The van der Waals surface area contributed by atoms with Gasteiger partial charge in [0.1, 0.15) is 0 Å². The number of rotatable bonds is 4. The third-order valence-corrected chi connectivity index (χ3v) is 10.3. The van der Waals surface area contributed by atoms with Crippen molar-refractivity contribution in [1.29, 1.82) is 0 Å². The summed E-state index contributed by atoms with van der Waals surface area (Å²) in [6.07, 6.45) is 2.90. The highest BCUT2D eigenvalue weighted by Gasteiger charge is 2.39. The van der Waals surface area contributed by atoms with Gasteiger partial charge in [-0.15, -0.1) is 0 Å². The van der Waals surface area contributed by atoms with Crippen molar-refractivity contribution in [3.05, 3.63) is 34.9 Å². The van der Waals surface area contributed by atoms with E-state index in [1.54, 1.807) is 0 Å². The Morgan fingerprint density at radius 2 is 1.76 bits per heavy atom. The first-order valence-corrected chi connectivity index (χ1v) is 12.5. The van der Waals surface area contributed by atoms with Gasteiger partial charge in [-0.1, -0.05) is 53.7 Å². The normalized spacial score (nSPS) is 19.0. The second kappa shape index (κ2) is 7.00. The van der Waals surface area contributed by atoms with Crippen molar-refractivity contribution >= 4 is 14.1 Å². The second-order valence-electron chi connectivity index (χ2n) is 10.4. The van der Waals surface area contributed by atoms with E-state index in [2.05, 4.69) is 72.8 Å². The van der Waals surface area contributed by atoms with Crippen molar-refractivity contribution < 1.29 is 9.22 Å². The zero-order chi connectivity index (χ0) is 19.0. The summed E-state index contributed by atoms with van der Waals surface area (Å²) in [5.74, 6) is 0.308. The average Bonchev–Trinajstić information content (AvgIpc) is 2.44. The lowest BCUT2D eigenvalue weighted by atomic mass is 9.80. The molecule has 2 nitrogen and oxygen atoms in total. The van der Waals surface area contributed by atoms with Crippen LogP contribution in [0.2, 0.25) is 18.1 Å². The highest BCUT2D eigenvalue weighted by molar-refractivity contribution is 6.74. The molecule has 2 rings (SSSR count). The van der Waals surface area contributed by atoms with E-state index in [0.29, 0.717) is 6.61 Å². The molecule has 0 heterocycles. The molecule has 140 valence electrons. The standard InChI is InChI=1S/C22H36O2Si/c1-21(2,3)14-16-9-10-17-11-12-18(20(23)19(17)13-16)15-24-25(7,8)22(4,5)6/h9-10,13,18H,11-12,14-15H2,1-8H3. The predicted molar refractivity (Wildman–Crippen MR) is 109 cm³/mol.